The Kier molecular flexibility index (Phi) is 4.63. The topological polar surface area (TPSA) is 41.6 Å². The highest BCUT2D eigenvalue weighted by Crippen LogP contribution is 2.31. The summed E-state index contributed by atoms with van der Waals surface area (Å²) in [7, 11) is 0. The maximum absolute atomic E-state index is 11.8. The summed E-state index contributed by atoms with van der Waals surface area (Å²) in [5.74, 6) is -0.127. The van der Waals surface area contributed by atoms with Crippen molar-refractivity contribution < 1.29 is 9.53 Å². The molecule has 4 nitrogen and oxygen atoms in total. The Balaban J connectivity index is 1.96. The summed E-state index contributed by atoms with van der Waals surface area (Å²) >= 11 is 9.82. The molecule has 110 valence electrons. The molecular weight excluding hydrogens is 372 g/mol. The zero-order valence-corrected chi connectivity index (χ0v) is 14.3. The number of anilines is 1. The van der Waals surface area contributed by atoms with E-state index in [2.05, 4.69) is 32.2 Å². The van der Waals surface area contributed by atoms with E-state index in [1.807, 2.05) is 18.2 Å². The minimum atomic E-state index is -0.127. The van der Waals surface area contributed by atoms with E-state index in [1.165, 1.54) is 11.8 Å². The Morgan fingerprint density at radius 2 is 2.14 bits per heavy atom. The van der Waals surface area contributed by atoms with Crippen molar-refractivity contribution in [1.29, 1.82) is 0 Å². The predicted octanol–water partition coefficient (Wildman–Crippen LogP) is 2.77. The molecule has 0 saturated carbocycles. The van der Waals surface area contributed by atoms with Gasteiger partial charge < -0.3 is 15.0 Å². The average molecular weight is 385 g/mol. The van der Waals surface area contributed by atoms with Gasteiger partial charge in [0.05, 0.1) is 18.1 Å². The molecule has 1 aromatic rings. The number of ether oxygens (including phenoxy) is 1. The van der Waals surface area contributed by atoms with E-state index in [-0.39, 0.29) is 5.91 Å². The Morgan fingerprint density at radius 3 is 2.81 bits per heavy atom. The van der Waals surface area contributed by atoms with Crippen LogP contribution in [0, 0.1) is 0 Å². The fourth-order valence-corrected chi connectivity index (χ4v) is 3.71. The molecule has 2 aliphatic heterocycles. The maximum Gasteiger partial charge on any atom is 0.263 e. The van der Waals surface area contributed by atoms with Crippen LogP contribution >= 0.6 is 39.9 Å². The Bertz CT molecular complexity index is 627. The van der Waals surface area contributed by atoms with Gasteiger partial charge in [-0.3, -0.25) is 4.79 Å². The first kappa shape index (κ1) is 15.0. The van der Waals surface area contributed by atoms with Crippen LogP contribution in [-0.2, 0) is 9.53 Å². The van der Waals surface area contributed by atoms with E-state index >= 15 is 0 Å². The number of hydrogen-bond acceptors (Lipinski definition) is 5. The number of morpholine rings is 1. The maximum atomic E-state index is 11.8. The summed E-state index contributed by atoms with van der Waals surface area (Å²) in [5, 5.41) is 2.64. The van der Waals surface area contributed by atoms with Gasteiger partial charge in [0.15, 0.2) is 0 Å². The first-order valence-corrected chi connectivity index (χ1v) is 8.52. The van der Waals surface area contributed by atoms with Crippen molar-refractivity contribution in [2.24, 2.45) is 0 Å². The number of carbonyl (C=O) groups excluding carboxylic acids is 1. The highest BCUT2D eigenvalue weighted by atomic mass is 79.9. The molecule has 0 bridgehead atoms. The van der Waals surface area contributed by atoms with Crippen LogP contribution in [0.5, 0.6) is 0 Å². The lowest BCUT2D eigenvalue weighted by Crippen LogP contribution is -2.36. The van der Waals surface area contributed by atoms with Crippen molar-refractivity contribution >= 4 is 61.9 Å². The number of amides is 1. The highest BCUT2D eigenvalue weighted by Gasteiger charge is 2.23. The van der Waals surface area contributed by atoms with Gasteiger partial charge in [0, 0.05) is 28.8 Å². The van der Waals surface area contributed by atoms with E-state index in [4.69, 9.17) is 17.0 Å². The first-order chi connectivity index (χ1) is 10.1. The van der Waals surface area contributed by atoms with Gasteiger partial charge in [-0.15, -0.1) is 0 Å². The summed E-state index contributed by atoms with van der Waals surface area (Å²) in [6, 6.07) is 6.10. The van der Waals surface area contributed by atoms with E-state index in [0.29, 0.717) is 9.23 Å². The van der Waals surface area contributed by atoms with E-state index in [9.17, 15) is 4.79 Å². The van der Waals surface area contributed by atoms with Crippen molar-refractivity contribution in [2.75, 3.05) is 31.2 Å². The lowest BCUT2D eigenvalue weighted by molar-refractivity contribution is -0.115. The molecule has 0 spiro atoms. The third kappa shape index (κ3) is 3.48. The van der Waals surface area contributed by atoms with Gasteiger partial charge in [0.1, 0.15) is 4.32 Å². The molecule has 1 aromatic carbocycles. The molecule has 2 fully saturated rings. The number of thioether (sulfide) groups is 1. The molecule has 0 radical (unpaired) electrons. The van der Waals surface area contributed by atoms with Gasteiger partial charge in [0.2, 0.25) is 0 Å². The number of halogens is 1. The Morgan fingerprint density at radius 1 is 1.38 bits per heavy atom. The third-order valence-corrected chi connectivity index (χ3v) is 4.93. The van der Waals surface area contributed by atoms with Crippen LogP contribution in [0.15, 0.2) is 27.6 Å². The van der Waals surface area contributed by atoms with Gasteiger partial charge in [-0.1, -0.05) is 39.9 Å². The van der Waals surface area contributed by atoms with Crippen LogP contribution < -0.4 is 10.2 Å². The van der Waals surface area contributed by atoms with Gasteiger partial charge in [-0.05, 0) is 24.3 Å². The lowest BCUT2D eigenvalue weighted by Gasteiger charge is -2.30. The monoisotopic (exact) mass is 384 g/mol. The number of nitrogens with one attached hydrogen (secondary N) is 1. The Labute approximate surface area is 141 Å². The van der Waals surface area contributed by atoms with Gasteiger partial charge in [0.25, 0.3) is 5.91 Å². The molecule has 2 saturated heterocycles. The molecule has 0 aliphatic carbocycles. The highest BCUT2D eigenvalue weighted by molar-refractivity contribution is 9.10. The molecule has 1 amide bonds. The summed E-state index contributed by atoms with van der Waals surface area (Å²) in [5.41, 5.74) is 2.12. The summed E-state index contributed by atoms with van der Waals surface area (Å²) < 4.78 is 6.89. The van der Waals surface area contributed by atoms with Crippen molar-refractivity contribution in [2.45, 2.75) is 0 Å². The summed E-state index contributed by atoms with van der Waals surface area (Å²) in [4.78, 5) is 14.7. The molecule has 2 heterocycles. The van der Waals surface area contributed by atoms with Crippen LogP contribution in [0.3, 0.4) is 0 Å². The molecule has 3 rings (SSSR count). The second-order valence-electron chi connectivity index (χ2n) is 4.65. The molecule has 7 heteroatoms. The molecule has 2 aliphatic rings. The minimum absolute atomic E-state index is 0.127. The molecular formula is C14H13BrN2O2S2. The fourth-order valence-electron chi connectivity index (χ4n) is 2.30. The van der Waals surface area contributed by atoms with Gasteiger partial charge in [-0.2, -0.15) is 0 Å². The number of rotatable bonds is 2. The largest absolute Gasteiger partial charge is 0.378 e. The second kappa shape index (κ2) is 6.48. The van der Waals surface area contributed by atoms with Gasteiger partial charge in [-0.25, -0.2) is 0 Å². The third-order valence-electron chi connectivity index (χ3n) is 3.27. The normalized spacial score (nSPS) is 21.0. The summed E-state index contributed by atoms with van der Waals surface area (Å²) in [6.07, 6.45) is 1.90. The zero-order chi connectivity index (χ0) is 14.8. The SMILES string of the molecule is O=C1NC(=S)S/C1=C/c1cc(Br)ccc1N1CCOCC1. The first-order valence-electron chi connectivity index (χ1n) is 6.50. The van der Waals surface area contributed by atoms with Crippen LogP contribution in [0.2, 0.25) is 0 Å². The average Bonchev–Trinajstić information content (AvgIpc) is 2.78. The van der Waals surface area contributed by atoms with Crippen LogP contribution in [0.4, 0.5) is 5.69 Å². The van der Waals surface area contributed by atoms with Crippen LogP contribution in [0.1, 0.15) is 5.56 Å². The molecule has 1 N–H and O–H groups in total. The van der Waals surface area contributed by atoms with Crippen molar-refractivity contribution in [3.63, 3.8) is 0 Å². The number of hydrogen-bond donors (Lipinski definition) is 1. The van der Waals surface area contributed by atoms with Crippen LogP contribution in [0.25, 0.3) is 6.08 Å². The van der Waals surface area contributed by atoms with Crippen molar-refractivity contribution in [3.8, 4) is 0 Å². The zero-order valence-electron chi connectivity index (χ0n) is 11.1. The quantitative estimate of drug-likeness (QED) is 0.627. The minimum Gasteiger partial charge on any atom is -0.378 e. The second-order valence-corrected chi connectivity index (χ2v) is 7.29. The smallest absolute Gasteiger partial charge is 0.263 e. The van der Waals surface area contributed by atoms with E-state index < -0.39 is 0 Å². The molecule has 0 atom stereocenters. The number of thiocarbonyl (C=S) groups is 1. The lowest BCUT2D eigenvalue weighted by atomic mass is 10.1. The van der Waals surface area contributed by atoms with E-state index in [0.717, 1.165) is 42.0 Å². The van der Waals surface area contributed by atoms with Crippen LogP contribution in [-0.4, -0.2) is 36.5 Å². The fraction of sp³-hybridized carbons (Fsp3) is 0.286. The summed E-state index contributed by atoms with van der Waals surface area (Å²) in [6.45, 7) is 3.17. The van der Waals surface area contributed by atoms with Gasteiger partial charge >= 0.3 is 0 Å². The van der Waals surface area contributed by atoms with Crippen molar-refractivity contribution in [1.82, 2.24) is 5.32 Å². The molecule has 21 heavy (non-hydrogen) atoms. The van der Waals surface area contributed by atoms with Crippen molar-refractivity contribution in [3.05, 3.63) is 33.1 Å². The molecule has 0 unspecified atom stereocenters. The Hall–Kier alpha value is -0.890. The predicted molar refractivity (Wildman–Crippen MR) is 93.5 cm³/mol. The number of benzene rings is 1. The number of carbonyl (C=O) groups is 1. The molecule has 0 aromatic heterocycles. The van der Waals surface area contributed by atoms with E-state index in [1.54, 1.807) is 0 Å². The number of nitrogens with zero attached hydrogens (tertiary/aromatic N) is 1. The standard InChI is InChI=1S/C14H13BrN2O2S2/c15-10-1-2-11(17-3-5-19-6-4-17)9(7-10)8-12-13(18)16-14(20)21-12/h1-2,7-8H,3-6H2,(H,16,18,20)/b12-8+.